The van der Waals surface area contributed by atoms with E-state index in [9.17, 15) is 0 Å². The molecule has 0 saturated heterocycles. The molecule has 366 valence electrons. The molecule has 0 aliphatic carbocycles. The number of benzene rings is 14. The van der Waals surface area contributed by atoms with E-state index in [0.29, 0.717) is 0 Å². The highest BCUT2D eigenvalue weighted by atomic mass is 15.2. The van der Waals surface area contributed by atoms with E-state index in [4.69, 9.17) is 0 Å². The third kappa shape index (κ3) is 8.52. The minimum absolute atomic E-state index is 1.07. The first kappa shape index (κ1) is 46.3. The Hall–Kier alpha value is -10.3. The van der Waals surface area contributed by atoms with Crippen LogP contribution in [-0.4, -0.2) is 0 Å². The van der Waals surface area contributed by atoms with E-state index in [-0.39, 0.29) is 0 Å². The summed E-state index contributed by atoms with van der Waals surface area (Å²) >= 11 is 0. The SMILES string of the molecule is c1ccc(-c2cccc(N(c3cccc(-c4ccccc4)c3)c3cc(-c4ccccc4)c4ccc5c(N(c6cccc(-c7ccccc7)c6)c6cccc(-c7ccccc7)c6)cc(-c6ccccc6)c6ccc3c4c65)c2)cc1. The lowest BCUT2D eigenvalue weighted by atomic mass is 9.85. The monoisotopic (exact) mass is 992 g/mol. The van der Waals surface area contributed by atoms with Crippen LogP contribution in [0.3, 0.4) is 0 Å². The van der Waals surface area contributed by atoms with Gasteiger partial charge < -0.3 is 9.80 Å². The van der Waals surface area contributed by atoms with Gasteiger partial charge in [-0.2, -0.15) is 0 Å². The fourth-order valence-electron chi connectivity index (χ4n) is 11.7. The van der Waals surface area contributed by atoms with Crippen LogP contribution < -0.4 is 9.80 Å². The molecule has 0 atom stereocenters. The van der Waals surface area contributed by atoms with Crippen molar-refractivity contribution in [1.29, 1.82) is 0 Å². The van der Waals surface area contributed by atoms with Gasteiger partial charge in [0.25, 0.3) is 0 Å². The number of hydrogen-bond acceptors (Lipinski definition) is 2. The van der Waals surface area contributed by atoms with Crippen molar-refractivity contribution in [3.05, 3.63) is 315 Å². The Morgan fingerprint density at radius 2 is 0.397 bits per heavy atom. The molecule has 0 spiro atoms. The molecule has 14 rings (SSSR count). The zero-order valence-corrected chi connectivity index (χ0v) is 42.9. The average molecular weight is 993 g/mol. The highest BCUT2D eigenvalue weighted by Gasteiger charge is 2.26. The third-order valence-electron chi connectivity index (χ3n) is 15.4. The highest BCUT2D eigenvalue weighted by molar-refractivity contribution is 6.32. The maximum absolute atomic E-state index is 2.49. The smallest absolute Gasteiger partial charge is 0.0546 e. The van der Waals surface area contributed by atoms with Crippen LogP contribution >= 0.6 is 0 Å². The second kappa shape index (κ2) is 20.1. The second-order valence-corrected chi connectivity index (χ2v) is 20.0. The van der Waals surface area contributed by atoms with Crippen LogP contribution in [0.1, 0.15) is 0 Å². The Labute approximate surface area is 456 Å². The molecule has 2 nitrogen and oxygen atoms in total. The van der Waals surface area contributed by atoms with Crippen LogP contribution in [0.2, 0.25) is 0 Å². The summed E-state index contributed by atoms with van der Waals surface area (Å²) < 4.78 is 0. The predicted octanol–water partition coefficient (Wildman–Crippen LogP) is 21.5. The lowest BCUT2D eigenvalue weighted by Gasteiger charge is -2.31. The van der Waals surface area contributed by atoms with E-state index < -0.39 is 0 Å². The van der Waals surface area contributed by atoms with Crippen molar-refractivity contribution in [2.45, 2.75) is 0 Å². The topological polar surface area (TPSA) is 6.48 Å². The van der Waals surface area contributed by atoms with Crippen molar-refractivity contribution in [3.8, 4) is 66.8 Å². The molecule has 0 unspecified atom stereocenters. The van der Waals surface area contributed by atoms with E-state index in [2.05, 4.69) is 325 Å². The zero-order chi connectivity index (χ0) is 51.8. The summed E-state index contributed by atoms with van der Waals surface area (Å²) in [6.45, 7) is 0. The van der Waals surface area contributed by atoms with Crippen LogP contribution in [0, 0.1) is 0 Å². The fraction of sp³-hybridized carbons (Fsp3) is 0. The summed E-state index contributed by atoms with van der Waals surface area (Å²) in [7, 11) is 0. The normalized spacial score (nSPS) is 11.3. The molecule has 14 aromatic carbocycles. The zero-order valence-electron chi connectivity index (χ0n) is 42.9. The quantitative estimate of drug-likeness (QED) is 0.113. The van der Waals surface area contributed by atoms with Crippen LogP contribution in [0.25, 0.3) is 99.1 Å². The molecule has 78 heavy (non-hydrogen) atoms. The molecular weight excluding hydrogens is 941 g/mol. The summed E-state index contributed by atoms with van der Waals surface area (Å²) in [6.07, 6.45) is 0. The minimum atomic E-state index is 1.07. The minimum Gasteiger partial charge on any atom is -0.310 e. The number of anilines is 6. The Balaban J connectivity index is 1.10. The van der Waals surface area contributed by atoms with Crippen molar-refractivity contribution in [1.82, 2.24) is 0 Å². The number of nitrogens with zero attached hydrogens (tertiary/aromatic N) is 2. The molecular formula is C76H52N2. The van der Waals surface area contributed by atoms with E-state index in [1.165, 1.54) is 54.9 Å². The van der Waals surface area contributed by atoms with Gasteiger partial charge in [0.15, 0.2) is 0 Å². The molecule has 0 saturated carbocycles. The van der Waals surface area contributed by atoms with E-state index in [1.807, 2.05) is 0 Å². The average Bonchev–Trinajstić information content (AvgIpc) is 3.68. The van der Waals surface area contributed by atoms with Crippen molar-refractivity contribution in [3.63, 3.8) is 0 Å². The van der Waals surface area contributed by atoms with Gasteiger partial charge in [0.2, 0.25) is 0 Å². The molecule has 0 radical (unpaired) electrons. The predicted molar refractivity (Wildman–Crippen MR) is 332 cm³/mol. The maximum Gasteiger partial charge on any atom is 0.0546 e. The second-order valence-electron chi connectivity index (χ2n) is 20.0. The molecule has 0 aliphatic heterocycles. The van der Waals surface area contributed by atoms with Crippen molar-refractivity contribution in [2.24, 2.45) is 0 Å². The summed E-state index contributed by atoms with van der Waals surface area (Å²) in [4.78, 5) is 4.99. The molecule has 0 aliphatic rings. The molecule has 14 aromatic rings. The standard InChI is InChI=1S/C76H52N2/c1-7-23-53(24-8-1)59-35-19-39-63(47-59)77(64-40-20-36-60(48-64)54-25-9-2-10-26-54)73-51-71(57-31-15-5-16-32-57)67-44-46-70-74(52-72(58-33-17-6-18-34-58)68-43-45-69(73)75(67)76(68)70)78(65-41-21-37-61(49-65)55-27-11-3-12-28-55)66-42-22-38-62(50-66)56-29-13-4-14-30-56/h1-52H. The Morgan fingerprint density at radius 3 is 0.667 bits per heavy atom. The van der Waals surface area contributed by atoms with Gasteiger partial charge in [0.05, 0.1) is 11.4 Å². The largest absolute Gasteiger partial charge is 0.310 e. The van der Waals surface area contributed by atoms with Gasteiger partial charge in [-0.25, -0.2) is 0 Å². The molecule has 0 amide bonds. The summed E-state index contributed by atoms with van der Waals surface area (Å²) in [6, 6.07) is 115. The van der Waals surface area contributed by atoms with E-state index in [1.54, 1.807) is 0 Å². The van der Waals surface area contributed by atoms with Crippen molar-refractivity contribution < 1.29 is 0 Å². The molecule has 0 bridgehead atoms. The Morgan fingerprint density at radius 1 is 0.167 bits per heavy atom. The highest BCUT2D eigenvalue weighted by Crippen LogP contribution is 2.53. The number of rotatable bonds is 12. The molecule has 0 aromatic heterocycles. The first-order valence-electron chi connectivity index (χ1n) is 26.8. The van der Waals surface area contributed by atoms with E-state index in [0.717, 1.165) is 78.3 Å². The Kier molecular flexibility index (Phi) is 11.9. The lowest BCUT2D eigenvalue weighted by molar-refractivity contribution is 1.30. The van der Waals surface area contributed by atoms with Crippen molar-refractivity contribution in [2.75, 3.05) is 9.80 Å². The van der Waals surface area contributed by atoms with Gasteiger partial charge in [-0.05, 0) is 138 Å². The first-order valence-corrected chi connectivity index (χ1v) is 26.8. The molecule has 0 fully saturated rings. The van der Waals surface area contributed by atoms with Gasteiger partial charge >= 0.3 is 0 Å². The molecule has 0 heterocycles. The van der Waals surface area contributed by atoms with Gasteiger partial charge in [-0.1, -0.05) is 255 Å². The third-order valence-corrected chi connectivity index (χ3v) is 15.4. The van der Waals surface area contributed by atoms with Crippen LogP contribution in [0.4, 0.5) is 34.1 Å². The van der Waals surface area contributed by atoms with Gasteiger partial charge in [-0.15, -0.1) is 0 Å². The summed E-state index contributed by atoms with van der Waals surface area (Å²) in [5.41, 5.74) is 20.5. The van der Waals surface area contributed by atoms with Crippen molar-refractivity contribution >= 4 is 66.4 Å². The molecule has 0 N–H and O–H groups in total. The Bertz CT molecular complexity index is 3950. The van der Waals surface area contributed by atoms with E-state index >= 15 is 0 Å². The first-order chi connectivity index (χ1) is 38.7. The van der Waals surface area contributed by atoms with Crippen LogP contribution in [0.15, 0.2) is 315 Å². The molecule has 2 heteroatoms. The summed E-state index contributed by atoms with van der Waals surface area (Å²) in [5, 5.41) is 7.18. The fourth-order valence-corrected chi connectivity index (χ4v) is 11.7. The maximum atomic E-state index is 2.49. The number of hydrogen-bond donors (Lipinski definition) is 0. The van der Waals surface area contributed by atoms with Gasteiger partial charge in [0.1, 0.15) is 0 Å². The van der Waals surface area contributed by atoms with Crippen LogP contribution in [0.5, 0.6) is 0 Å². The lowest BCUT2D eigenvalue weighted by Crippen LogP contribution is -2.12. The van der Waals surface area contributed by atoms with Gasteiger partial charge in [-0.3, -0.25) is 0 Å². The van der Waals surface area contributed by atoms with Crippen LogP contribution in [-0.2, 0) is 0 Å². The van der Waals surface area contributed by atoms with Gasteiger partial charge in [0, 0.05) is 44.3 Å². The summed E-state index contributed by atoms with van der Waals surface area (Å²) in [5.74, 6) is 0.